The molecule has 0 spiro atoms. The van der Waals surface area contributed by atoms with Crippen LogP contribution in [0.1, 0.15) is 38.3 Å². The van der Waals surface area contributed by atoms with Crippen molar-refractivity contribution < 1.29 is 41.4 Å². The molecule has 1 aromatic heterocycles. The van der Waals surface area contributed by atoms with Crippen LogP contribution < -0.4 is 10.5 Å². The fourth-order valence-electron chi connectivity index (χ4n) is 2.76. The van der Waals surface area contributed by atoms with Gasteiger partial charge in [0, 0.05) is 29.5 Å². The largest absolute Gasteiger partial charge is 0.466 e. The molecule has 37 heavy (non-hydrogen) atoms. The van der Waals surface area contributed by atoms with Gasteiger partial charge in [-0.1, -0.05) is 18.5 Å². The zero-order valence-electron chi connectivity index (χ0n) is 20.1. The second-order valence-electron chi connectivity index (χ2n) is 7.21. The molecular weight excluding hydrogens is 521 g/mol. The van der Waals surface area contributed by atoms with Gasteiger partial charge in [-0.2, -0.15) is 17.9 Å². The number of rotatable bonds is 8. The lowest BCUT2D eigenvalue weighted by atomic mass is 10.1. The highest BCUT2D eigenvalue weighted by molar-refractivity contribution is 6.30. The first-order valence-electron chi connectivity index (χ1n) is 10.9. The molecular formula is C24H24ClF3N2O7. The van der Waals surface area contributed by atoms with Gasteiger partial charge in [-0.15, -0.1) is 5.10 Å². The summed E-state index contributed by atoms with van der Waals surface area (Å²) in [7, 11) is 0. The molecule has 0 radical (unpaired) electrons. The van der Waals surface area contributed by atoms with E-state index in [0.29, 0.717) is 22.9 Å². The van der Waals surface area contributed by atoms with E-state index >= 15 is 0 Å². The minimum absolute atomic E-state index is 0.0966. The summed E-state index contributed by atoms with van der Waals surface area (Å²) in [6.45, 7) is 4.87. The van der Waals surface area contributed by atoms with Gasteiger partial charge in [-0.25, -0.2) is 4.79 Å². The van der Waals surface area contributed by atoms with Crippen molar-refractivity contribution in [2.75, 3.05) is 13.4 Å². The molecule has 0 atom stereocenters. The number of hydrogen-bond acceptors (Lipinski definition) is 8. The van der Waals surface area contributed by atoms with Crippen LogP contribution in [0, 0.1) is 0 Å². The quantitative estimate of drug-likeness (QED) is 0.285. The van der Waals surface area contributed by atoms with Crippen molar-refractivity contribution in [3.8, 4) is 17.2 Å². The molecule has 0 aliphatic rings. The van der Waals surface area contributed by atoms with Crippen LogP contribution in [0.25, 0.3) is 11.5 Å². The summed E-state index contributed by atoms with van der Waals surface area (Å²) >= 11 is 6.02. The first-order chi connectivity index (χ1) is 17.4. The lowest BCUT2D eigenvalue weighted by molar-refractivity contribution is -0.149. The standard InChI is InChI=1S/C20H16ClF3N2O5.C4H8O2/c1-2-17(27)30-11-29-16-8-7-15(21)9-13(16)10-26-19(28)31-18(25-26)12-3-5-14(6-4-12)20(22,23)24;1-3-6-4(2)5/h3-9H,2,10-11H2,1H3;3H2,1-2H3. The number of carbonyl (C=O) groups is 2. The van der Waals surface area contributed by atoms with Crippen molar-refractivity contribution in [3.05, 3.63) is 69.2 Å². The van der Waals surface area contributed by atoms with Crippen LogP contribution in [0.5, 0.6) is 5.75 Å². The Hall–Kier alpha value is -3.80. The van der Waals surface area contributed by atoms with Crippen molar-refractivity contribution in [1.82, 2.24) is 9.78 Å². The molecule has 0 unspecified atom stereocenters. The average molecular weight is 545 g/mol. The van der Waals surface area contributed by atoms with Gasteiger partial charge in [0.1, 0.15) is 5.75 Å². The summed E-state index contributed by atoms with van der Waals surface area (Å²) in [4.78, 5) is 33.3. The molecule has 200 valence electrons. The third-order valence-electron chi connectivity index (χ3n) is 4.48. The molecule has 0 N–H and O–H groups in total. The van der Waals surface area contributed by atoms with Crippen LogP contribution in [0.15, 0.2) is 51.7 Å². The second-order valence-corrected chi connectivity index (χ2v) is 7.65. The minimum Gasteiger partial charge on any atom is -0.466 e. The van der Waals surface area contributed by atoms with Crippen LogP contribution in [0.3, 0.4) is 0 Å². The molecule has 3 rings (SSSR count). The zero-order chi connectivity index (χ0) is 27.6. The number of ether oxygens (including phenoxy) is 3. The van der Waals surface area contributed by atoms with Crippen LogP contribution >= 0.6 is 11.6 Å². The molecule has 9 nitrogen and oxygen atoms in total. The first kappa shape index (κ1) is 29.4. The topological polar surface area (TPSA) is 110 Å². The minimum atomic E-state index is -4.48. The van der Waals surface area contributed by atoms with Crippen LogP contribution in [0.4, 0.5) is 13.2 Å². The van der Waals surface area contributed by atoms with E-state index in [2.05, 4.69) is 9.84 Å². The summed E-state index contributed by atoms with van der Waals surface area (Å²) in [6.07, 6.45) is -4.29. The predicted octanol–water partition coefficient (Wildman–Crippen LogP) is 5.08. The third-order valence-corrected chi connectivity index (χ3v) is 4.71. The Morgan fingerprint density at radius 1 is 1.08 bits per heavy atom. The van der Waals surface area contributed by atoms with Gasteiger partial charge in [0.05, 0.1) is 18.7 Å². The normalized spacial score (nSPS) is 10.8. The van der Waals surface area contributed by atoms with E-state index in [-0.39, 0.29) is 37.2 Å². The maximum absolute atomic E-state index is 12.7. The smallest absolute Gasteiger partial charge is 0.437 e. The monoisotopic (exact) mass is 544 g/mol. The highest BCUT2D eigenvalue weighted by Gasteiger charge is 2.30. The number of aromatic nitrogens is 2. The summed E-state index contributed by atoms with van der Waals surface area (Å²) in [5, 5.41) is 4.40. The molecule has 13 heteroatoms. The molecule has 0 saturated carbocycles. The molecule has 0 aliphatic heterocycles. The lowest BCUT2D eigenvalue weighted by Crippen LogP contribution is -2.17. The lowest BCUT2D eigenvalue weighted by Gasteiger charge is -2.11. The first-order valence-corrected chi connectivity index (χ1v) is 11.3. The Morgan fingerprint density at radius 2 is 1.76 bits per heavy atom. The highest BCUT2D eigenvalue weighted by Crippen LogP contribution is 2.30. The Kier molecular flexibility index (Phi) is 10.7. The maximum Gasteiger partial charge on any atom is 0.437 e. The van der Waals surface area contributed by atoms with Crippen LogP contribution in [-0.4, -0.2) is 35.1 Å². The van der Waals surface area contributed by atoms with Crippen molar-refractivity contribution in [3.63, 3.8) is 0 Å². The van der Waals surface area contributed by atoms with Gasteiger partial charge >= 0.3 is 23.9 Å². The Labute approximate surface area is 214 Å². The third kappa shape index (κ3) is 9.30. The van der Waals surface area contributed by atoms with Crippen molar-refractivity contribution in [1.29, 1.82) is 0 Å². The van der Waals surface area contributed by atoms with Gasteiger partial charge in [-0.3, -0.25) is 9.59 Å². The molecule has 0 saturated heterocycles. The van der Waals surface area contributed by atoms with Gasteiger partial charge < -0.3 is 18.6 Å². The summed E-state index contributed by atoms with van der Waals surface area (Å²) in [5.74, 6) is -1.31. The van der Waals surface area contributed by atoms with E-state index < -0.39 is 23.5 Å². The fourth-order valence-corrected chi connectivity index (χ4v) is 2.96. The number of hydrogen-bond donors (Lipinski definition) is 0. The SMILES string of the molecule is CCC(=O)OCOc1ccc(Cl)cc1Cn1nc(-c2ccc(C(F)(F)F)cc2)oc1=O.CCOC(C)=O. The maximum atomic E-state index is 12.7. The number of benzene rings is 2. The van der Waals surface area contributed by atoms with Gasteiger partial charge in [0.2, 0.25) is 12.7 Å². The average Bonchev–Trinajstić information content (AvgIpc) is 3.20. The van der Waals surface area contributed by atoms with E-state index in [1.54, 1.807) is 26.0 Å². The summed E-state index contributed by atoms with van der Waals surface area (Å²) in [6, 6.07) is 8.70. The van der Waals surface area contributed by atoms with E-state index in [1.165, 1.54) is 13.0 Å². The molecule has 0 bridgehead atoms. The summed E-state index contributed by atoms with van der Waals surface area (Å²) in [5.41, 5.74) is -0.171. The van der Waals surface area contributed by atoms with Crippen molar-refractivity contribution in [2.24, 2.45) is 0 Å². The van der Waals surface area contributed by atoms with E-state index in [0.717, 1.165) is 28.9 Å². The van der Waals surface area contributed by atoms with Crippen LogP contribution in [0.2, 0.25) is 5.02 Å². The molecule has 0 fully saturated rings. The molecule has 0 aliphatic carbocycles. The second kappa shape index (κ2) is 13.5. The molecule has 2 aromatic carbocycles. The predicted molar refractivity (Wildman–Crippen MR) is 126 cm³/mol. The molecule has 3 aromatic rings. The van der Waals surface area contributed by atoms with E-state index in [9.17, 15) is 27.6 Å². The van der Waals surface area contributed by atoms with Crippen molar-refractivity contribution in [2.45, 2.75) is 39.9 Å². The van der Waals surface area contributed by atoms with Gasteiger partial charge in [0.25, 0.3) is 0 Å². The number of alkyl halides is 3. The Morgan fingerprint density at radius 3 is 2.30 bits per heavy atom. The van der Waals surface area contributed by atoms with E-state index in [4.69, 9.17) is 25.5 Å². The Balaban J connectivity index is 0.000000717. The van der Waals surface area contributed by atoms with E-state index in [1.807, 2.05) is 0 Å². The van der Waals surface area contributed by atoms with Crippen LogP contribution in [-0.2, 0) is 31.8 Å². The number of carbonyl (C=O) groups excluding carboxylic acids is 2. The number of halogens is 4. The fraction of sp³-hybridized carbons (Fsp3) is 0.333. The Bertz CT molecular complexity index is 1250. The van der Waals surface area contributed by atoms with Gasteiger partial charge in [0.15, 0.2) is 0 Å². The van der Waals surface area contributed by atoms with Gasteiger partial charge in [-0.05, 0) is 49.4 Å². The summed E-state index contributed by atoms with van der Waals surface area (Å²) < 4.78 is 58.9. The highest BCUT2D eigenvalue weighted by atomic mass is 35.5. The molecule has 1 heterocycles. The number of esters is 2. The van der Waals surface area contributed by atoms with Crippen molar-refractivity contribution >= 4 is 23.5 Å². The zero-order valence-corrected chi connectivity index (χ0v) is 20.9. The molecule has 0 amide bonds. The number of nitrogens with zero attached hydrogens (tertiary/aromatic N) is 2.